The van der Waals surface area contributed by atoms with Crippen molar-refractivity contribution in [2.75, 3.05) is 5.75 Å². The monoisotopic (exact) mass is 440 g/mol. The molecule has 1 amide bonds. The lowest BCUT2D eigenvalue weighted by Gasteiger charge is -2.34. The van der Waals surface area contributed by atoms with Crippen LogP contribution in [0.4, 0.5) is 0 Å². The molecule has 0 aliphatic heterocycles. The summed E-state index contributed by atoms with van der Waals surface area (Å²) in [6, 6.07) is 14.7. The summed E-state index contributed by atoms with van der Waals surface area (Å²) in [4.78, 5) is 13.7. The molecule has 0 radical (unpaired) electrons. The number of carbonyl (C=O) groups excluding carboxylic acids is 1. The molecule has 3 unspecified atom stereocenters. The van der Waals surface area contributed by atoms with E-state index in [9.17, 15) is 4.79 Å². The van der Waals surface area contributed by atoms with Crippen LogP contribution in [0, 0.1) is 11.8 Å². The molecule has 158 valence electrons. The van der Waals surface area contributed by atoms with Crippen LogP contribution in [0.3, 0.4) is 0 Å². The second-order valence-corrected chi connectivity index (χ2v) is 9.98. The minimum absolute atomic E-state index is 0.0814. The Morgan fingerprint density at radius 3 is 2.77 bits per heavy atom. The lowest BCUT2D eigenvalue weighted by atomic mass is 9.78. The maximum Gasteiger partial charge on any atom is 0.230 e. The Hall–Kier alpha value is -2.12. The Kier molecular flexibility index (Phi) is 6.89. The van der Waals surface area contributed by atoms with E-state index in [1.807, 2.05) is 29.6 Å². The highest BCUT2D eigenvalue weighted by atomic mass is 32.2. The summed E-state index contributed by atoms with van der Waals surface area (Å²) in [5.41, 5.74) is 1.19. The van der Waals surface area contributed by atoms with Gasteiger partial charge in [0.15, 0.2) is 11.0 Å². The Labute approximate surface area is 186 Å². The van der Waals surface area contributed by atoms with E-state index in [2.05, 4.69) is 52.1 Å². The molecule has 7 heteroatoms. The van der Waals surface area contributed by atoms with E-state index in [-0.39, 0.29) is 11.9 Å². The molecule has 1 fully saturated rings. The smallest absolute Gasteiger partial charge is 0.230 e. The Balaban J connectivity index is 1.46. The van der Waals surface area contributed by atoms with E-state index >= 15 is 0 Å². The minimum atomic E-state index is 0.0814. The number of thioether (sulfide) groups is 1. The molecule has 1 saturated carbocycles. The fourth-order valence-electron chi connectivity index (χ4n) is 4.06. The van der Waals surface area contributed by atoms with E-state index in [1.165, 1.54) is 30.2 Å². The molecule has 2 aromatic heterocycles. The normalized spacial score (nSPS) is 21.5. The fourth-order valence-corrected chi connectivity index (χ4v) is 5.52. The highest BCUT2D eigenvalue weighted by Crippen LogP contribution is 2.30. The van der Waals surface area contributed by atoms with Crippen LogP contribution in [-0.4, -0.2) is 32.5 Å². The molecule has 1 aliphatic carbocycles. The summed E-state index contributed by atoms with van der Waals surface area (Å²) >= 11 is 3.12. The Bertz CT molecular complexity index is 955. The van der Waals surface area contributed by atoms with Crippen molar-refractivity contribution in [3.63, 3.8) is 0 Å². The lowest BCUT2D eigenvalue weighted by Crippen LogP contribution is -2.44. The molecule has 3 aromatic rings. The summed E-state index contributed by atoms with van der Waals surface area (Å²) in [5, 5.41) is 14.9. The maximum absolute atomic E-state index is 12.7. The summed E-state index contributed by atoms with van der Waals surface area (Å²) in [6.07, 6.45) is 3.53. The molecule has 1 aliphatic rings. The molecule has 0 saturated heterocycles. The van der Waals surface area contributed by atoms with Gasteiger partial charge >= 0.3 is 0 Å². The van der Waals surface area contributed by atoms with Gasteiger partial charge in [-0.15, -0.1) is 21.5 Å². The van der Waals surface area contributed by atoms with Crippen LogP contribution >= 0.6 is 23.1 Å². The van der Waals surface area contributed by atoms with Crippen LogP contribution in [0.25, 0.3) is 10.7 Å². The molecule has 0 bridgehead atoms. The molecular formula is C23H28N4OS2. The third-order valence-corrected chi connectivity index (χ3v) is 7.86. The first-order valence-electron chi connectivity index (χ1n) is 10.5. The van der Waals surface area contributed by atoms with Gasteiger partial charge in [0.05, 0.1) is 17.2 Å². The number of rotatable bonds is 7. The van der Waals surface area contributed by atoms with Crippen LogP contribution in [0.15, 0.2) is 53.0 Å². The van der Waals surface area contributed by atoms with E-state index < -0.39 is 0 Å². The van der Waals surface area contributed by atoms with Gasteiger partial charge in [-0.05, 0) is 35.3 Å². The van der Waals surface area contributed by atoms with E-state index in [0.29, 0.717) is 24.1 Å². The van der Waals surface area contributed by atoms with Gasteiger partial charge in [0.1, 0.15) is 0 Å². The summed E-state index contributed by atoms with van der Waals surface area (Å²) in [6.45, 7) is 5.23. The van der Waals surface area contributed by atoms with Crippen LogP contribution in [0.2, 0.25) is 0 Å². The average molecular weight is 441 g/mol. The number of amides is 1. The van der Waals surface area contributed by atoms with Crippen LogP contribution in [0.5, 0.6) is 0 Å². The summed E-state index contributed by atoms with van der Waals surface area (Å²) in [5.74, 6) is 2.48. The predicted molar refractivity (Wildman–Crippen MR) is 124 cm³/mol. The van der Waals surface area contributed by atoms with Gasteiger partial charge in [0.25, 0.3) is 0 Å². The van der Waals surface area contributed by atoms with Crippen molar-refractivity contribution in [2.24, 2.45) is 11.8 Å². The van der Waals surface area contributed by atoms with E-state index in [4.69, 9.17) is 0 Å². The van der Waals surface area contributed by atoms with Crippen molar-refractivity contribution in [3.05, 3.63) is 53.4 Å². The number of aromatic nitrogens is 3. The van der Waals surface area contributed by atoms with Gasteiger partial charge in [-0.1, -0.05) is 74.8 Å². The first-order chi connectivity index (χ1) is 14.6. The quantitative estimate of drug-likeness (QED) is 0.520. The highest BCUT2D eigenvalue weighted by molar-refractivity contribution is 7.99. The van der Waals surface area contributed by atoms with Gasteiger partial charge in [-0.25, -0.2) is 0 Å². The number of carbonyl (C=O) groups is 1. The van der Waals surface area contributed by atoms with Gasteiger partial charge in [-0.2, -0.15) is 0 Å². The standard InChI is InChI=1S/C23H28N4OS2/c1-16-8-6-11-19(17(16)2)24-21(28)15-30-23-26-25-22(20-12-7-13-29-20)27(23)14-18-9-4-3-5-10-18/h3-5,7,9-10,12-13,16-17,19H,6,8,11,14-15H2,1-2H3,(H,24,28). The van der Waals surface area contributed by atoms with Crippen molar-refractivity contribution in [1.82, 2.24) is 20.1 Å². The first-order valence-corrected chi connectivity index (χ1v) is 12.4. The molecule has 4 rings (SSSR count). The zero-order valence-electron chi connectivity index (χ0n) is 17.5. The van der Waals surface area contributed by atoms with E-state index in [1.54, 1.807) is 11.3 Å². The Morgan fingerprint density at radius 1 is 1.17 bits per heavy atom. The van der Waals surface area contributed by atoms with Crippen molar-refractivity contribution in [2.45, 2.75) is 50.9 Å². The molecular weight excluding hydrogens is 412 g/mol. The number of hydrogen-bond donors (Lipinski definition) is 1. The van der Waals surface area contributed by atoms with Crippen LogP contribution in [0.1, 0.15) is 38.7 Å². The molecule has 3 atom stereocenters. The third kappa shape index (κ3) is 4.95. The molecule has 0 spiro atoms. The number of thiophene rings is 1. The van der Waals surface area contributed by atoms with Crippen LogP contribution < -0.4 is 5.32 Å². The van der Waals surface area contributed by atoms with E-state index in [0.717, 1.165) is 22.3 Å². The lowest BCUT2D eigenvalue weighted by molar-refractivity contribution is -0.120. The van der Waals surface area contributed by atoms with Gasteiger partial charge in [-0.3, -0.25) is 9.36 Å². The molecule has 30 heavy (non-hydrogen) atoms. The number of nitrogens with one attached hydrogen (secondary N) is 1. The topological polar surface area (TPSA) is 59.8 Å². The average Bonchev–Trinajstić information content (AvgIpc) is 3.41. The maximum atomic E-state index is 12.7. The van der Waals surface area contributed by atoms with Crippen molar-refractivity contribution in [3.8, 4) is 10.7 Å². The zero-order chi connectivity index (χ0) is 20.9. The fraction of sp³-hybridized carbons (Fsp3) is 0.435. The highest BCUT2D eigenvalue weighted by Gasteiger charge is 2.28. The summed E-state index contributed by atoms with van der Waals surface area (Å²) in [7, 11) is 0. The number of hydrogen-bond acceptors (Lipinski definition) is 5. The van der Waals surface area contributed by atoms with Gasteiger partial charge in [0, 0.05) is 6.04 Å². The Morgan fingerprint density at radius 2 is 2.00 bits per heavy atom. The van der Waals surface area contributed by atoms with Crippen molar-refractivity contribution in [1.29, 1.82) is 0 Å². The minimum Gasteiger partial charge on any atom is -0.352 e. The second kappa shape index (κ2) is 9.79. The van der Waals surface area contributed by atoms with Crippen LogP contribution in [-0.2, 0) is 11.3 Å². The molecule has 5 nitrogen and oxygen atoms in total. The second-order valence-electron chi connectivity index (χ2n) is 8.09. The largest absolute Gasteiger partial charge is 0.352 e. The first kappa shape index (κ1) is 21.1. The van der Waals surface area contributed by atoms with Crippen molar-refractivity contribution < 1.29 is 4.79 Å². The van der Waals surface area contributed by atoms with Crippen molar-refractivity contribution >= 4 is 29.0 Å². The molecule has 1 N–H and O–H groups in total. The third-order valence-electron chi connectivity index (χ3n) is 6.03. The van der Waals surface area contributed by atoms with Gasteiger partial charge < -0.3 is 5.32 Å². The molecule has 2 heterocycles. The van der Waals surface area contributed by atoms with Gasteiger partial charge in [0.2, 0.25) is 5.91 Å². The SMILES string of the molecule is CC1CCCC(NC(=O)CSc2nnc(-c3cccs3)n2Cc2ccccc2)C1C. The summed E-state index contributed by atoms with van der Waals surface area (Å²) < 4.78 is 2.12. The number of benzene rings is 1. The number of nitrogens with zero attached hydrogens (tertiary/aromatic N) is 3. The zero-order valence-corrected chi connectivity index (χ0v) is 19.1. The predicted octanol–water partition coefficient (Wildman–Crippen LogP) is 5.09. The molecule has 1 aromatic carbocycles.